The first kappa shape index (κ1) is 14.8. The molecule has 0 bridgehead atoms. The Bertz CT molecular complexity index is 651. The van der Waals surface area contributed by atoms with E-state index in [0.29, 0.717) is 17.3 Å². The molecule has 0 N–H and O–H groups in total. The molecule has 2 aromatic rings. The Balaban J connectivity index is 1.68. The number of halogens is 1. The summed E-state index contributed by atoms with van der Waals surface area (Å²) in [4.78, 5) is 14.0. The first-order valence-corrected chi connectivity index (χ1v) is 7.58. The summed E-state index contributed by atoms with van der Waals surface area (Å²) in [5.41, 5.74) is 1.60. The van der Waals surface area contributed by atoms with Crippen LogP contribution in [0.2, 0.25) is 5.02 Å². The van der Waals surface area contributed by atoms with Gasteiger partial charge in [0.15, 0.2) is 0 Å². The third-order valence-electron chi connectivity index (χ3n) is 3.71. The van der Waals surface area contributed by atoms with E-state index in [4.69, 9.17) is 16.3 Å². The molecule has 0 saturated carbocycles. The number of nitrogens with zero attached hydrogens (tertiary/aromatic N) is 3. The molecule has 1 aromatic carbocycles. The predicted octanol–water partition coefficient (Wildman–Crippen LogP) is 3.60. The Hall–Kier alpha value is -2.14. The van der Waals surface area contributed by atoms with E-state index in [2.05, 4.69) is 10.2 Å². The SMILES string of the molecule is O=C(OCc1ccccc1)N1CCC[C@H]1c1nnccc1Cl. The number of benzene rings is 1. The number of carbonyl (C=O) groups is 1. The van der Waals surface area contributed by atoms with Gasteiger partial charge in [-0.1, -0.05) is 41.9 Å². The Labute approximate surface area is 133 Å². The molecule has 1 aliphatic rings. The van der Waals surface area contributed by atoms with Crippen LogP contribution < -0.4 is 0 Å². The standard InChI is InChI=1S/C16H16ClN3O2/c17-13-8-9-18-19-15(13)14-7-4-10-20(14)16(21)22-11-12-5-2-1-3-6-12/h1-3,5-6,8-9,14H,4,7,10-11H2/t14-/m0/s1. The van der Waals surface area contributed by atoms with Crippen molar-refractivity contribution in [2.75, 3.05) is 6.54 Å². The van der Waals surface area contributed by atoms with Gasteiger partial charge in [-0.25, -0.2) is 4.79 Å². The maximum absolute atomic E-state index is 12.3. The van der Waals surface area contributed by atoms with Crippen LogP contribution in [0.1, 0.15) is 30.1 Å². The lowest BCUT2D eigenvalue weighted by atomic mass is 10.1. The Morgan fingerprint density at radius 2 is 2.14 bits per heavy atom. The monoisotopic (exact) mass is 317 g/mol. The highest BCUT2D eigenvalue weighted by Crippen LogP contribution is 2.34. The van der Waals surface area contributed by atoms with E-state index in [9.17, 15) is 4.79 Å². The Morgan fingerprint density at radius 1 is 1.32 bits per heavy atom. The first-order valence-electron chi connectivity index (χ1n) is 7.20. The average Bonchev–Trinajstić information content (AvgIpc) is 3.03. The lowest BCUT2D eigenvalue weighted by Crippen LogP contribution is -2.31. The third-order valence-corrected chi connectivity index (χ3v) is 4.03. The van der Waals surface area contributed by atoms with Gasteiger partial charge in [0, 0.05) is 6.54 Å². The van der Waals surface area contributed by atoms with Gasteiger partial charge in [0.05, 0.1) is 17.3 Å². The van der Waals surface area contributed by atoms with Crippen LogP contribution in [0.5, 0.6) is 0 Å². The van der Waals surface area contributed by atoms with E-state index in [1.165, 1.54) is 0 Å². The summed E-state index contributed by atoms with van der Waals surface area (Å²) in [6.45, 7) is 0.905. The molecule has 0 aliphatic carbocycles. The van der Waals surface area contributed by atoms with Crippen LogP contribution in [0.4, 0.5) is 4.79 Å². The number of amides is 1. The zero-order chi connectivity index (χ0) is 15.4. The fourth-order valence-electron chi connectivity index (χ4n) is 2.62. The maximum atomic E-state index is 12.3. The molecule has 114 valence electrons. The molecular formula is C16H16ClN3O2. The normalized spacial score (nSPS) is 17.5. The number of aromatic nitrogens is 2. The topological polar surface area (TPSA) is 55.3 Å². The van der Waals surface area contributed by atoms with Crippen molar-refractivity contribution < 1.29 is 9.53 Å². The summed E-state index contributed by atoms with van der Waals surface area (Å²) in [5, 5.41) is 8.47. The number of hydrogen-bond acceptors (Lipinski definition) is 4. The predicted molar refractivity (Wildman–Crippen MR) is 82.4 cm³/mol. The van der Waals surface area contributed by atoms with Crippen molar-refractivity contribution >= 4 is 17.7 Å². The molecule has 1 fully saturated rings. The minimum Gasteiger partial charge on any atom is -0.445 e. The van der Waals surface area contributed by atoms with Crippen LogP contribution in [-0.4, -0.2) is 27.7 Å². The Morgan fingerprint density at radius 3 is 2.91 bits per heavy atom. The fraction of sp³-hybridized carbons (Fsp3) is 0.312. The highest BCUT2D eigenvalue weighted by Gasteiger charge is 2.33. The molecule has 0 unspecified atom stereocenters. The lowest BCUT2D eigenvalue weighted by molar-refractivity contribution is 0.0914. The lowest BCUT2D eigenvalue weighted by Gasteiger charge is -2.23. The van der Waals surface area contributed by atoms with Crippen LogP contribution in [0.15, 0.2) is 42.6 Å². The van der Waals surface area contributed by atoms with Crippen molar-refractivity contribution in [1.29, 1.82) is 0 Å². The van der Waals surface area contributed by atoms with Gasteiger partial charge < -0.3 is 4.74 Å². The summed E-state index contributed by atoms with van der Waals surface area (Å²) in [6.07, 6.45) is 2.92. The first-order chi connectivity index (χ1) is 10.8. The second-order valence-electron chi connectivity index (χ2n) is 5.16. The number of hydrogen-bond donors (Lipinski definition) is 0. The number of ether oxygens (including phenoxy) is 1. The largest absolute Gasteiger partial charge is 0.445 e. The van der Waals surface area contributed by atoms with Crippen molar-refractivity contribution in [2.24, 2.45) is 0 Å². The van der Waals surface area contributed by atoms with E-state index in [1.54, 1.807) is 17.2 Å². The summed E-state index contributed by atoms with van der Waals surface area (Å²) in [7, 11) is 0. The van der Waals surface area contributed by atoms with Gasteiger partial charge in [-0.05, 0) is 24.5 Å². The van der Waals surface area contributed by atoms with Gasteiger partial charge in [-0.2, -0.15) is 10.2 Å². The molecule has 5 nitrogen and oxygen atoms in total. The van der Waals surface area contributed by atoms with Crippen LogP contribution in [0, 0.1) is 0 Å². The van der Waals surface area contributed by atoms with Crippen LogP contribution in [-0.2, 0) is 11.3 Å². The van der Waals surface area contributed by atoms with E-state index < -0.39 is 0 Å². The molecule has 1 aliphatic heterocycles. The third kappa shape index (κ3) is 3.20. The number of likely N-dealkylation sites (tertiary alicyclic amines) is 1. The number of carbonyl (C=O) groups excluding carboxylic acids is 1. The van der Waals surface area contributed by atoms with Gasteiger partial charge in [0.2, 0.25) is 0 Å². The molecule has 3 rings (SSSR count). The fourth-order valence-corrected chi connectivity index (χ4v) is 2.85. The molecule has 1 amide bonds. The van der Waals surface area contributed by atoms with Gasteiger partial charge >= 0.3 is 6.09 Å². The molecule has 2 heterocycles. The van der Waals surface area contributed by atoms with Crippen LogP contribution in [0.3, 0.4) is 0 Å². The van der Waals surface area contributed by atoms with Crippen molar-refractivity contribution in [3.8, 4) is 0 Å². The van der Waals surface area contributed by atoms with E-state index in [1.807, 2.05) is 30.3 Å². The van der Waals surface area contributed by atoms with Crippen molar-refractivity contribution in [1.82, 2.24) is 15.1 Å². The highest BCUT2D eigenvalue weighted by molar-refractivity contribution is 6.31. The van der Waals surface area contributed by atoms with Crippen LogP contribution in [0.25, 0.3) is 0 Å². The van der Waals surface area contributed by atoms with E-state index >= 15 is 0 Å². The van der Waals surface area contributed by atoms with Gasteiger partial charge in [0.1, 0.15) is 12.3 Å². The molecular weight excluding hydrogens is 302 g/mol. The minimum absolute atomic E-state index is 0.163. The zero-order valence-corrected chi connectivity index (χ0v) is 12.7. The highest BCUT2D eigenvalue weighted by atomic mass is 35.5. The summed E-state index contributed by atoms with van der Waals surface area (Å²) in [5.74, 6) is 0. The summed E-state index contributed by atoms with van der Waals surface area (Å²) in [6, 6.07) is 11.1. The molecule has 0 spiro atoms. The van der Waals surface area contributed by atoms with E-state index in [0.717, 1.165) is 18.4 Å². The molecule has 6 heteroatoms. The summed E-state index contributed by atoms with van der Waals surface area (Å²) < 4.78 is 5.40. The quantitative estimate of drug-likeness (QED) is 0.868. The van der Waals surface area contributed by atoms with Crippen LogP contribution >= 0.6 is 11.6 Å². The number of rotatable bonds is 3. The van der Waals surface area contributed by atoms with E-state index in [-0.39, 0.29) is 18.7 Å². The Kier molecular flexibility index (Phi) is 4.53. The van der Waals surface area contributed by atoms with Gasteiger partial charge in [0.25, 0.3) is 0 Å². The second kappa shape index (κ2) is 6.75. The molecule has 1 saturated heterocycles. The van der Waals surface area contributed by atoms with Gasteiger partial charge in [-0.3, -0.25) is 4.90 Å². The second-order valence-corrected chi connectivity index (χ2v) is 5.56. The van der Waals surface area contributed by atoms with Crippen molar-refractivity contribution in [2.45, 2.75) is 25.5 Å². The van der Waals surface area contributed by atoms with Crippen molar-refractivity contribution in [3.05, 3.63) is 58.9 Å². The maximum Gasteiger partial charge on any atom is 0.410 e. The molecule has 1 aromatic heterocycles. The van der Waals surface area contributed by atoms with Crippen molar-refractivity contribution in [3.63, 3.8) is 0 Å². The zero-order valence-electron chi connectivity index (χ0n) is 12.0. The molecule has 0 radical (unpaired) electrons. The summed E-state index contributed by atoms with van der Waals surface area (Å²) >= 11 is 6.17. The smallest absolute Gasteiger partial charge is 0.410 e. The van der Waals surface area contributed by atoms with Gasteiger partial charge in [-0.15, -0.1) is 0 Å². The molecule has 1 atom stereocenters. The average molecular weight is 318 g/mol. The molecule has 22 heavy (non-hydrogen) atoms. The minimum atomic E-state index is -0.340.